The fourth-order valence-corrected chi connectivity index (χ4v) is 3.19. The number of nitrogens with one attached hydrogen (secondary N) is 2. The molecule has 5 nitrogen and oxygen atoms in total. The highest BCUT2D eigenvalue weighted by atomic mass is 16.2. The van der Waals surface area contributed by atoms with E-state index in [1.807, 2.05) is 42.5 Å². The van der Waals surface area contributed by atoms with Gasteiger partial charge < -0.3 is 10.6 Å². The summed E-state index contributed by atoms with van der Waals surface area (Å²) in [5.74, 6) is -0.616. The second-order valence-corrected chi connectivity index (χ2v) is 6.54. The Kier molecular flexibility index (Phi) is 5.29. The van der Waals surface area contributed by atoms with Gasteiger partial charge >= 0.3 is 0 Å². The Hall–Kier alpha value is -3.99. The topological polar surface area (TPSA) is 71.1 Å². The Labute approximate surface area is 168 Å². The van der Waals surface area contributed by atoms with Crippen LogP contribution in [0.1, 0.15) is 26.4 Å². The minimum Gasteiger partial charge on any atom is -0.348 e. The number of benzene rings is 3. The summed E-state index contributed by atoms with van der Waals surface area (Å²) in [6.45, 7) is 0.392. The summed E-state index contributed by atoms with van der Waals surface area (Å²) in [5.41, 5.74) is 2.17. The van der Waals surface area contributed by atoms with Crippen LogP contribution in [0.15, 0.2) is 91.1 Å². The van der Waals surface area contributed by atoms with E-state index >= 15 is 0 Å². The van der Waals surface area contributed by atoms with Crippen LogP contribution in [0.3, 0.4) is 0 Å². The lowest BCUT2D eigenvalue weighted by molar-refractivity contribution is 0.0952. The number of pyridine rings is 1. The number of amides is 2. The van der Waals surface area contributed by atoms with Crippen molar-refractivity contribution < 1.29 is 9.59 Å². The second-order valence-electron chi connectivity index (χ2n) is 6.54. The molecule has 3 aromatic carbocycles. The lowest BCUT2D eigenvalue weighted by Gasteiger charge is -2.12. The average molecular weight is 381 g/mol. The molecule has 1 aromatic heterocycles. The van der Waals surface area contributed by atoms with Gasteiger partial charge in [-0.2, -0.15) is 0 Å². The number of carbonyl (C=O) groups excluding carboxylic acids is 2. The van der Waals surface area contributed by atoms with E-state index in [2.05, 4.69) is 15.6 Å². The third-order valence-electron chi connectivity index (χ3n) is 4.64. The molecule has 0 bridgehead atoms. The van der Waals surface area contributed by atoms with E-state index < -0.39 is 0 Å². The maximum atomic E-state index is 12.8. The molecule has 0 aliphatic heterocycles. The number of rotatable bonds is 5. The standard InChI is InChI=1S/C24H19N3O2/c28-23(26-16-18-10-7-9-17-8-1-2-11-19(17)18)20-12-3-4-13-21(20)27-24(29)22-14-5-6-15-25-22/h1-15H,16H2,(H,26,28)(H,27,29). The van der Waals surface area contributed by atoms with Gasteiger partial charge in [-0.05, 0) is 40.6 Å². The fourth-order valence-electron chi connectivity index (χ4n) is 3.19. The fraction of sp³-hybridized carbons (Fsp3) is 0.0417. The van der Waals surface area contributed by atoms with Gasteiger partial charge in [-0.15, -0.1) is 0 Å². The molecule has 29 heavy (non-hydrogen) atoms. The van der Waals surface area contributed by atoms with Crippen LogP contribution in [0.2, 0.25) is 0 Å². The Morgan fingerprint density at radius 3 is 2.38 bits per heavy atom. The molecule has 0 saturated heterocycles. The summed E-state index contributed by atoms with van der Waals surface area (Å²) in [4.78, 5) is 29.3. The first-order chi connectivity index (χ1) is 14.2. The van der Waals surface area contributed by atoms with Crippen LogP contribution in [0.25, 0.3) is 10.8 Å². The number of nitrogens with zero attached hydrogens (tertiary/aromatic N) is 1. The van der Waals surface area contributed by atoms with Gasteiger partial charge in [0.2, 0.25) is 0 Å². The molecular formula is C24H19N3O2. The predicted molar refractivity (Wildman–Crippen MR) is 114 cm³/mol. The maximum absolute atomic E-state index is 12.8. The molecule has 0 radical (unpaired) electrons. The van der Waals surface area contributed by atoms with Crippen molar-refractivity contribution in [3.05, 3.63) is 108 Å². The summed E-state index contributed by atoms with van der Waals surface area (Å²) in [6, 6.07) is 26.1. The zero-order valence-electron chi connectivity index (χ0n) is 15.6. The molecule has 0 saturated carbocycles. The van der Waals surface area contributed by atoms with Crippen molar-refractivity contribution in [3.8, 4) is 0 Å². The molecule has 2 amide bonds. The minimum atomic E-state index is -0.361. The molecule has 5 heteroatoms. The second kappa shape index (κ2) is 8.35. The van der Waals surface area contributed by atoms with Crippen molar-refractivity contribution in [1.29, 1.82) is 0 Å². The van der Waals surface area contributed by atoms with Crippen LogP contribution < -0.4 is 10.6 Å². The van der Waals surface area contributed by atoms with Crippen LogP contribution in [-0.2, 0) is 6.54 Å². The first-order valence-corrected chi connectivity index (χ1v) is 9.28. The lowest BCUT2D eigenvalue weighted by Crippen LogP contribution is -2.25. The molecule has 0 aliphatic rings. The first kappa shape index (κ1) is 18.4. The molecule has 142 valence electrons. The Morgan fingerprint density at radius 2 is 1.52 bits per heavy atom. The predicted octanol–water partition coefficient (Wildman–Crippen LogP) is 4.42. The Morgan fingerprint density at radius 1 is 0.759 bits per heavy atom. The Balaban J connectivity index is 1.51. The van der Waals surface area contributed by atoms with Gasteiger partial charge in [-0.1, -0.05) is 60.7 Å². The van der Waals surface area contributed by atoms with E-state index in [9.17, 15) is 9.59 Å². The third-order valence-corrected chi connectivity index (χ3v) is 4.64. The molecular weight excluding hydrogens is 362 g/mol. The number of aromatic nitrogens is 1. The van der Waals surface area contributed by atoms with Crippen molar-refractivity contribution in [2.24, 2.45) is 0 Å². The number of carbonyl (C=O) groups is 2. The zero-order valence-corrected chi connectivity index (χ0v) is 15.6. The average Bonchev–Trinajstić information content (AvgIpc) is 2.78. The molecule has 0 atom stereocenters. The van der Waals surface area contributed by atoms with Crippen LogP contribution >= 0.6 is 0 Å². The number of para-hydroxylation sites is 1. The smallest absolute Gasteiger partial charge is 0.274 e. The van der Waals surface area contributed by atoms with Crippen molar-refractivity contribution in [3.63, 3.8) is 0 Å². The lowest BCUT2D eigenvalue weighted by atomic mass is 10.0. The molecule has 0 unspecified atom stereocenters. The third kappa shape index (κ3) is 4.14. The van der Waals surface area contributed by atoms with E-state index in [-0.39, 0.29) is 11.8 Å². The van der Waals surface area contributed by atoms with Crippen molar-refractivity contribution in [1.82, 2.24) is 10.3 Å². The summed E-state index contributed by atoms with van der Waals surface area (Å²) >= 11 is 0. The minimum absolute atomic E-state index is 0.255. The summed E-state index contributed by atoms with van der Waals surface area (Å²) < 4.78 is 0. The monoisotopic (exact) mass is 381 g/mol. The quantitative estimate of drug-likeness (QED) is 0.538. The van der Waals surface area contributed by atoms with Crippen LogP contribution in [0.5, 0.6) is 0 Å². The summed E-state index contributed by atoms with van der Waals surface area (Å²) in [6.07, 6.45) is 1.55. The molecule has 1 heterocycles. The zero-order chi connectivity index (χ0) is 20.1. The van der Waals surface area contributed by atoms with E-state index in [4.69, 9.17) is 0 Å². The van der Waals surface area contributed by atoms with Crippen LogP contribution in [0.4, 0.5) is 5.69 Å². The number of hydrogen-bond donors (Lipinski definition) is 2. The van der Waals surface area contributed by atoms with Gasteiger partial charge in [0.05, 0.1) is 11.3 Å². The molecule has 2 N–H and O–H groups in total. The van der Waals surface area contributed by atoms with Crippen molar-refractivity contribution >= 4 is 28.3 Å². The van der Waals surface area contributed by atoms with Gasteiger partial charge in [0.15, 0.2) is 0 Å². The molecule has 0 spiro atoms. The molecule has 4 aromatic rings. The summed E-state index contributed by atoms with van der Waals surface area (Å²) in [5, 5.41) is 7.96. The maximum Gasteiger partial charge on any atom is 0.274 e. The largest absolute Gasteiger partial charge is 0.348 e. The molecule has 0 fully saturated rings. The van der Waals surface area contributed by atoms with Crippen LogP contribution in [-0.4, -0.2) is 16.8 Å². The number of hydrogen-bond acceptors (Lipinski definition) is 3. The molecule has 0 aliphatic carbocycles. The van der Waals surface area contributed by atoms with Crippen molar-refractivity contribution in [2.75, 3.05) is 5.32 Å². The first-order valence-electron chi connectivity index (χ1n) is 9.28. The normalized spacial score (nSPS) is 10.5. The SMILES string of the molecule is O=C(Nc1ccccc1C(=O)NCc1cccc2ccccc12)c1ccccn1. The molecule has 4 rings (SSSR count). The highest BCUT2D eigenvalue weighted by molar-refractivity contribution is 6.08. The van der Waals surface area contributed by atoms with Gasteiger partial charge in [-0.3, -0.25) is 14.6 Å². The van der Waals surface area contributed by atoms with Gasteiger partial charge in [0.25, 0.3) is 11.8 Å². The summed E-state index contributed by atoms with van der Waals surface area (Å²) in [7, 11) is 0. The van der Waals surface area contributed by atoms with Gasteiger partial charge in [0, 0.05) is 12.7 Å². The van der Waals surface area contributed by atoms with Crippen molar-refractivity contribution in [2.45, 2.75) is 6.54 Å². The van der Waals surface area contributed by atoms with Crippen LogP contribution in [0, 0.1) is 0 Å². The Bertz CT molecular complexity index is 1170. The van der Waals surface area contributed by atoms with E-state index in [1.54, 1.807) is 48.7 Å². The highest BCUT2D eigenvalue weighted by Crippen LogP contribution is 2.19. The number of fused-ring (bicyclic) bond motifs is 1. The van der Waals surface area contributed by atoms with E-state index in [0.29, 0.717) is 23.5 Å². The van der Waals surface area contributed by atoms with E-state index in [0.717, 1.165) is 16.3 Å². The van der Waals surface area contributed by atoms with Gasteiger partial charge in [0.1, 0.15) is 5.69 Å². The number of anilines is 1. The van der Waals surface area contributed by atoms with E-state index in [1.165, 1.54) is 0 Å². The van der Waals surface area contributed by atoms with Gasteiger partial charge in [-0.25, -0.2) is 0 Å². The highest BCUT2D eigenvalue weighted by Gasteiger charge is 2.14.